The van der Waals surface area contributed by atoms with Crippen LogP contribution in [0.4, 0.5) is 0 Å². The minimum absolute atomic E-state index is 0.737. The molecule has 0 aliphatic carbocycles. The van der Waals surface area contributed by atoms with E-state index in [1.54, 1.807) is 18.0 Å². The van der Waals surface area contributed by atoms with Crippen LogP contribution < -0.4 is 0 Å². The van der Waals surface area contributed by atoms with Crippen LogP contribution in [0.25, 0.3) is 11.5 Å². The molecule has 0 radical (unpaired) electrons. The summed E-state index contributed by atoms with van der Waals surface area (Å²) in [4.78, 5) is 6.81. The van der Waals surface area contributed by atoms with Gasteiger partial charge in [0.25, 0.3) is 0 Å². The predicted octanol–water partition coefficient (Wildman–Crippen LogP) is 2.45. The van der Waals surface area contributed by atoms with Crippen molar-refractivity contribution in [3.8, 4) is 11.5 Å². The monoisotopic (exact) mass is 303 g/mol. The highest BCUT2D eigenvalue weighted by Gasteiger charge is 2.20. The molecule has 3 rings (SSSR count). The van der Waals surface area contributed by atoms with Gasteiger partial charge in [0.15, 0.2) is 11.0 Å². The first-order valence-electron chi connectivity index (χ1n) is 7.39. The average Bonchev–Trinajstić information content (AvgIpc) is 3.07. The first-order chi connectivity index (χ1) is 10.3. The lowest BCUT2D eigenvalue weighted by Gasteiger charge is -2.18. The number of thioether (sulfide) groups is 1. The Kier molecular flexibility index (Phi) is 4.55. The second kappa shape index (κ2) is 6.58. The Morgan fingerprint density at radius 3 is 2.90 bits per heavy atom. The zero-order chi connectivity index (χ0) is 14.7. The van der Waals surface area contributed by atoms with Gasteiger partial charge in [-0.25, -0.2) is 0 Å². The molecule has 1 atom stereocenters. The molecule has 3 heterocycles. The Bertz CT molecular complexity index is 583. The Hall–Kier alpha value is -1.40. The molecule has 0 aromatic carbocycles. The van der Waals surface area contributed by atoms with Gasteiger partial charge in [-0.1, -0.05) is 17.8 Å². The molecule has 6 heteroatoms. The molecular weight excluding hydrogens is 282 g/mol. The summed E-state index contributed by atoms with van der Waals surface area (Å²) in [5.41, 5.74) is 0.870. The van der Waals surface area contributed by atoms with Crippen molar-refractivity contribution in [3.63, 3.8) is 0 Å². The molecule has 0 spiro atoms. The van der Waals surface area contributed by atoms with Gasteiger partial charge in [-0.3, -0.25) is 4.98 Å². The Morgan fingerprint density at radius 2 is 2.19 bits per heavy atom. The third kappa shape index (κ3) is 3.27. The lowest BCUT2D eigenvalue weighted by molar-refractivity contribution is 0.305. The van der Waals surface area contributed by atoms with Crippen LogP contribution in [0.2, 0.25) is 0 Å². The van der Waals surface area contributed by atoms with E-state index in [2.05, 4.69) is 27.1 Å². The highest BCUT2D eigenvalue weighted by atomic mass is 32.2. The van der Waals surface area contributed by atoms with Gasteiger partial charge >= 0.3 is 0 Å². The molecule has 0 saturated carbocycles. The number of likely N-dealkylation sites (tertiary alicyclic amines) is 1. The molecule has 2 aromatic heterocycles. The van der Waals surface area contributed by atoms with Gasteiger partial charge in [-0.15, -0.1) is 10.2 Å². The standard InChI is InChI=1S/C15H21N5S/c1-19-10-5-6-12(19)8-11-21-15-18-17-14(20(15)2)13-7-3-4-9-16-13/h3-4,7,9,12H,5-6,8,10-11H2,1-2H3/t12-/m1/s1. The van der Waals surface area contributed by atoms with E-state index in [0.717, 1.165) is 28.5 Å². The largest absolute Gasteiger partial charge is 0.304 e. The molecule has 0 unspecified atom stereocenters. The topological polar surface area (TPSA) is 46.8 Å². The summed E-state index contributed by atoms with van der Waals surface area (Å²) in [6.45, 7) is 1.24. The lowest BCUT2D eigenvalue weighted by Crippen LogP contribution is -2.25. The Morgan fingerprint density at radius 1 is 1.29 bits per heavy atom. The highest BCUT2D eigenvalue weighted by Crippen LogP contribution is 2.24. The van der Waals surface area contributed by atoms with Crippen molar-refractivity contribution < 1.29 is 0 Å². The number of hydrogen-bond acceptors (Lipinski definition) is 5. The summed E-state index contributed by atoms with van der Waals surface area (Å²) >= 11 is 1.79. The van der Waals surface area contributed by atoms with E-state index in [4.69, 9.17) is 0 Å². The molecular formula is C15H21N5S. The minimum atomic E-state index is 0.737. The molecule has 0 N–H and O–H groups in total. The summed E-state index contributed by atoms with van der Waals surface area (Å²) < 4.78 is 2.03. The normalized spacial score (nSPS) is 19.2. The van der Waals surface area contributed by atoms with Crippen molar-refractivity contribution in [2.75, 3.05) is 19.3 Å². The fourth-order valence-electron chi connectivity index (χ4n) is 2.79. The van der Waals surface area contributed by atoms with E-state index in [-0.39, 0.29) is 0 Å². The maximum Gasteiger partial charge on any atom is 0.191 e. The van der Waals surface area contributed by atoms with Gasteiger partial charge in [-0.2, -0.15) is 0 Å². The van der Waals surface area contributed by atoms with E-state index >= 15 is 0 Å². The van der Waals surface area contributed by atoms with Crippen LogP contribution in [0.15, 0.2) is 29.6 Å². The highest BCUT2D eigenvalue weighted by molar-refractivity contribution is 7.99. The van der Waals surface area contributed by atoms with Gasteiger partial charge in [0.1, 0.15) is 5.69 Å². The van der Waals surface area contributed by atoms with Gasteiger partial charge in [-0.05, 0) is 45.0 Å². The van der Waals surface area contributed by atoms with Crippen LogP contribution in [-0.2, 0) is 7.05 Å². The quantitative estimate of drug-likeness (QED) is 0.794. The number of aromatic nitrogens is 4. The van der Waals surface area contributed by atoms with Crippen molar-refractivity contribution in [2.45, 2.75) is 30.5 Å². The van der Waals surface area contributed by atoms with E-state index in [0.29, 0.717) is 0 Å². The third-order valence-corrected chi connectivity index (χ3v) is 5.14. The Labute approximate surface area is 129 Å². The van der Waals surface area contributed by atoms with Crippen molar-refractivity contribution in [3.05, 3.63) is 24.4 Å². The molecule has 21 heavy (non-hydrogen) atoms. The predicted molar refractivity (Wildman–Crippen MR) is 85.2 cm³/mol. The van der Waals surface area contributed by atoms with Crippen LogP contribution in [0.5, 0.6) is 0 Å². The van der Waals surface area contributed by atoms with E-state index in [9.17, 15) is 0 Å². The summed E-state index contributed by atoms with van der Waals surface area (Å²) in [7, 11) is 4.23. The zero-order valence-electron chi connectivity index (χ0n) is 12.6. The molecule has 1 aliphatic rings. The van der Waals surface area contributed by atoms with Crippen LogP contribution in [-0.4, -0.2) is 50.0 Å². The molecule has 0 amide bonds. The number of rotatable bonds is 5. The molecule has 1 saturated heterocycles. The SMILES string of the molecule is CN1CCC[C@@H]1CCSc1nnc(-c2ccccn2)n1C. The smallest absolute Gasteiger partial charge is 0.191 e. The van der Waals surface area contributed by atoms with Crippen LogP contribution in [0.3, 0.4) is 0 Å². The first-order valence-corrected chi connectivity index (χ1v) is 8.38. The van der Waals surface area contributed by atoms with E-state index in [1.165, 1.54) is 25.8 Å². The number of nitrogens with zero attached hydrogens (tertiary/aromatic N) is 5. The maximum atomic E-state index is 4.34. The lowest BCUT2D eigenvalue weighted by atomic mass is 10.2. The van der Waals surface area contributed by atoms with Crippen LogP contribution >= 0.6 is 11.8 Å². The van der Waals surface area contributed by atoms with Crippen molar-refractivity contribution in [1.29, 1.82) is 0 Å². The zero-order valence-corrected chi connectivity index (χ0v) is 13.4. The van der Waals surface area contributed by atoms with E-state index < -0.39 is 0 Å². The van der Waals surface area contributed by atoms with Gasteiger partial charge in [0.2, 0.25) is 0 Å². The van der Waals surface area contributed by atoms with Crippen molar-refractivity contribution >= 4 is 11.8 Å². The second-order valence-corrected chi connectivity index (χ2v) is 6.56. The fraction of sp³-hybridized carbons (Fsp3) is 0.533. The van der Waals surface area contributed by atoms with Crippen molar-refractivity contribution in [1.82, 2.24) is 24.6 Å². The van der Waals surface area contributed by atoms with Crippen molar-refractivity contribution in [2.24, 2.45) is 7.05 Å². The molecule has 112 valence electrons. The van der Waals surface area contributed by atoms with E-state index in [1.807, 2.05) is 29.8 Å². The second-order valence-electron chi connectivity index (χ2n) is 5.49. The van der Waals surface area contributed by atoms with Gasteiger partial charge in [0, 0.05) is 25.0 Å². The first kappa shape index (κ1) is 14.5. The maximum absolute atomic E-state index is 4.34. The molecule has 5 nitrogen and oxygen atoms in total. The van der Waals surface area contributed by atoms with Crippen LogP contribution in [0, 0.1) is 0 Å². The summed E-state index contributed by atoms with van der Waals surface area (Å²) in [5.74, 6) is 1.92. The molecule has 1 fully saturated rings. The average molecular weight is 303 g/mol. The molecule has 1 aliphatic heterocycles. The minimum Gasteiger partial charge on any atom is -0.304 e. The van der Waals surface area contributed by atoms with Gasteiger partial charge < -0.3 is 9.47 Å². The summed E-state index contributed by atoms with van der Waals surface area (Å²) in [6.07, 6.45) is 5.66. The number of hydrogen-bond donors (Lipinski definition) is 0. The van der Waals surface area contributed by atoms with Gasteiger partial charge in [0.05, 0.1) is 0 Å². The third-order valence-electron chi connectivity index (χ3n) is 4.08. The fourth-order valence-corrected chi connectivity index (χ4v) is 3.74. The summed E-state index contributed by atoms with van der Waals surface area (Å²) in [5, 5.41) is 9.54. The van der Waals surface area contributed by atoms with Crippen LogP contribution in [0.1, 0.15) is 19.3 Å². The molecule has 0 bridgehead atoms. The summed E-state index contributed by atoms with van der Waals surface area (Å²) in [6, 6.07) is 6.58. The Balaban J connectivity index is 1.61. The molecule has 2 aromatic rings. The number of pyridine rings is 1.